The smallest absolute Gasteiger partial charge is 0.134 e. The average molecular weight is 353 g/mol. The van der Waals surface area contributed by atoms with Gasteiger partial charge in [0, 0.05) is 51.0 Å². The molecule has 26 heavy (non-hydrogen) atoms. The van der Waals surface area contributed by atoms with Crippen LogP contribution in [0.2, 0.25) is 0 Å². The number of ether oxygens (including phenoxy) is 1. The molecule has 6 heteroatoms. The lowest BCUT2D eigenvalue weighted by Crippen LogP contribution is -2.47. The van der Waals surface area contributed by atoms with E-state index >= 15 is 0 Å². The zero-order valence-electron chi connectivity index (χ0n) is 15.7. The summed E-state index contributed by atoms with van der Waals surface area (Å²) in [6, 6.07) is 10.5. The van der Waals surface area contributed by atoms with Crippen LogP contribution in [0.25, 0.3) is 0 Å². The van der Waals surface area contributed by atoms with Gasteiger partial charge in [-0.25, -0.2) is 9.97 Å². The topological polar surface area (TPSA) is 44.7 Å². The number of hydrogen-bond acceptors (Lipinski definition) is 6. The Morgan fingerprint density at radius 2 is 1.31 bits per heavy atom. The minimum atomic E-state index is 0.863. The fraction of sp³-hybridized carbons (Fsp3) is 0.500. The van der Waals surface area contributed by atoms with Gasteiger partial charge in [-0.2, -0.15) is 0 Å². The molecule has 0 aliphatic carbocycles. The summed E-state index contributed by atoms with van der Waals surface area (Å²) >= 11 is 0. The lowest BCUT2D eigenvalue weighted by molar-refractivity contribution is 0.415. The molecule has 2 aromatic rings. The van der Waals surface area contributed by atoms with Gasteiger partial charge in [-0.3, -0.25) is 0 Å². The van der Waals surface area contributed by atoms with Gasteiger partial charge in [-0.1, -0.05) is 0 Å². The molecule has 0 amide bonds. The van der Waals surface area contributed by atoms with Crippen molar-refractivity contribution in [3.05, 3.63) is 36.2 Å². The molecular formula is C20H27N5O. The molecule has 138 valence electrons. The van der Waals surface area contributed by atoms with Crippen molar-refractivity contribution in [2.75, 3.05) is 61.1 Å². The van der Waals surface area contributed by atoms with Crippen molar-refractivity contribution in [1.29, 1.82) is 0 Å². The first-order valence-corrected chi connectivity index (χ1v) is 9.47. The van der Waals surface area contributed by atoms with Crippen molar-refractivity contribution in [2.45, 2.75) is 19.8 Å². The summed E-state index contributed by atoms with van der Waals surface area (Å²) in [5, 5.41) is 0. The van der Waals surface area contributed by atoms with E-state index in [0.29, 0.717) is 0 Å². The summed E-state index contributed by atoms with van der Waals surface area (Å²) in [5.74, 6) is 3.91. The number of aromatic nitrogens is 2. The number of benzene rings is 1. The largest absolute Gasteiger partial charge is 0.497 e. The van der Waals surface area contributed by atoms with Crippen LogP contribution in [0.1, 0.15) is 18.7 Å². The minimum absolute atomic E-state index is 0.863. The Kier molecular flexibility index (Phi) is 4.82. The minimum Gasteiger partial charge on any atom is -0.497 e. The molecule has 1 aromatic heterocycles. The van der Waals surface area contributed by atoms with Crippen molar-refractivity contribution in [3.8, 4) is 5.75 Å². The number of aryl methyl sites for hydroxylation is 1. The van der Waals surface area contributed by atoms with E-state index in [0.717, 1.165) is 62.5 Å². The highest BCUT2D eigenvalue weighted by atomic mass is 16.5. The van der Waals surface area contributed by atoms with Crippen LogP contribution >= 0.6 is 0 Å². The summed E-state index contributed by atoms with van der Waals surface area (Å²) in [4.78, 5) is 16.5. The van der Waals surface area contributed by atoms with Gasteiger partial charge in [0.2, 0.25) is 0 Å². The summed E-state index contributed by atoms with van der Waals surface area (Å²) in [5.41, 5.74) is 1.25. The quantitative estimate of drug-likeness (QED) is 0.842. The lowest BCUT2D eigenvalue weighted by atomic mass is 10.2. The number of nitrogens with zero attached hydrogens (tertiary/aromatic N) is 5. The molecule has 1 aromatic carbocycles. The Bertz CT molecular complexity index is 734. The summed E-state index contributed by atoms with van der Waals surface area (Å²) in [7, 11) is 1.70. The zero-order valence-corrected chi connectivity index (χ0v) is 15.7. The van der Waals surface area contributed by atoms with E-state index < -0.39 is 0 Å². The molecule has 0 unspecified atom stereocenters. The third kappa shape index (κ3) is 3.54. The highest BCUT2D eigenvalue weighted by Gasteiger charge is 2.21. The van der Waals surface area contributed by atoms with E-state index in [4.69, 9.17) is 9.72 Å². The van der Waals surface area contributed by atoms with Crippen LogP contribution in [0.5, 0.6) is 5.75 Å². The standard InChI is InChI=1S/C20H27N5O/c1-16-21-19(24-9-3-4-10-24)15-20(22-16)25-13-11-23(12-14-25)17-5-7-18(26-2)8-6-17/h5-8,15H,3-4,9-14H2,1-2H3. The van der Waals surface area contributed by atoms with Crippen LogP contribution in [0, 0.1) is 6.92 Å². The monoisotopic (exact) mass is 353 g/mol. The maximum Gasteiger partial charge on any atom is 0.134 e. The normalized spacial score (nSPS) is 17.7. The van der Waals surface area contributed by atoms with E-state index in [1.54, 1.807) is 7.11 Å². The zero-order chi connectivity index (χ0) is 17.9. The number of hydrogen-bond donors (Lipinski definition) is 0. The molecule has 2 aliphatic rings. The van der Waals surface area contributed by atoms with E-state index in [9.17, 15) is 0 Å². The first-order valence-electron chi connectivity index (χ1n) is 9.47. The average Bonchev–Trinajstić information content (AvgIpc) is 3.23. The van der Waals surface area contributed by atoms with Gasteiger partial charge in [-0.05, 0) is 44.0 Å². The van der Waals surface area contributed by atoms with Gasteiger partial charge < -0.3 is 19.4 Å². The van der Waals surface area contributed by atoms with Gasteiger partial charge in [0.25, 0.3) is 0 Å². The van der Waals surface area contributed by atoms with Crippen LogP contribution in [0.3, 0.4) is 0 Å². The van der Waals surface area contributed by atoms with E-state index in [-0.39, 0.29) is 0 Å². The molecule has 6 nitrogen and oxygen atoms in total. The Hall–Kier alpha value is -2.50. The molecule has 2 aliphatic heterocycles. The molecule has 0 radical (unpaired) electrons. The number of rotatable bonds is 4. The van der Waals surface area contributed by atoms with Crippen molar-refractivity contribution in [2.24, 2.45) is 0 Å². The molecular weight excluding hydrogens is 326 g/mol. The third-order valence-corrected chi connectivity index (χ3v) is 5.28. The van der Waals surface area contributed by atoms with E-state index in [1.807, 2.05) is 19.1 Å². The SMILES string of the molecule is COc1ccc(N2CCN(c3cc(N4CCCC4)nc(C)n3)CC2)cc1. The Labute approximate surface area is 155 Å². The Morgan fingerprint density at radius 3 is 1.88 bits per heavy atom. The Balaban J connectivity index is 1.44. The van der Waals surface area contributed by atoms with Crippen molar-refractivity contribution >= 4 is 17.3 Å². The van der Waals surface area contributed by atoms with Crippen LogP contribution in [-0.4, -0.2) is 56.3 Å². The maximum absolute atomic E-state index is 5.25. The summed E-state index contributed by atoms with van der Waals surface area (Å²) < 4.78 is 5.25. The van der Waals surface area contributed by atoms with Crippen molar-refractivity contribution in [3.63, 3.8) is 0 Å². The second-order valence-electron chi connectivity index (χ2n) is 7.00. The lowest BCUT2D eigenvalue weighted by Gasteiger charge is -2.37. The molecule has 2 fully saturated rings. The van der Waals surface area contributed by atoms with Gasteiger partial charge in [0.1, 0.15) is 23.2 Å². The second-order valence-corrected chi connectivity index (χ2v) is 7.00. The summed E-state index contributed by atoms with van der Waals surface area (Å²) in [6.45, 7) is 8.16. The van der Waals surface area contributed by atoms with E-state index in [2.05, 4.69) is 37.9 Å². The molecule has 0 saturated carbocycles. The van der Waals surface area contributed by atoms with Gasteiger partial charge >= 0.3 is 0 Å². The maximum atomic E-state index is 5.25. The van der Waals surface area contributed by atoms with E-state index in [1.165, 1.54) is 18.5 Å². The van der Waals surface area contributed by atoms with Crippen LogP contribution < -0.4 is 19.4 Å². The van der Waals surface area contributed by atoms with Crippen molar-refractivity contribution < 1.29 is 4.74 Å². The highest BCUT2D eigenvalue weighted by molar-refractivity contribution is 5.54. The molecule has 4 rings (SSSR count). The van der Waals surface area contributed by atoms with Crippen LogP contribution in [0.15, 0.2) is 30.3 Å². The molecule has 2 saturated heterocycles. The number of anilines is 3. The second kappa shape index (κ2) is 7.40. The first kappa shape index (κ1) is 16.9. The molecule has 0 bridgehead atoms. The molecule has 0 atom stereocenters. The van der Waals surface area contributed by atoms with Crippen molar-refractivity contribution in [1.82, 2.24) is 9.97 Å². The third-order valence-electron chi connectivity index (χ3n) is 5.28. The molecule has 0 spiro atoms. The summed E-state index contributed by atoms with van der Waals surface area (Å²) in [6.07, 6.45) is 2.53. The first-order chi connectivity index (χ1) is 12.7. The van der Waals surface area contributed by atoms with Crippen LogP contribution in [-0.2, 0) is 0 Å². The molecule has 3 heterocycles. The number of methoxy groups -OCH3 is 1. The fourth-order valence-corrected chi connectivity index (χ4v) is 3.79. The van der Waals surface area contributed by atoms with Crippen LogP contribution in [0.4, 0.5) is 17.3 Å². The fourth-order valence-electron chi connectivity index (χ4n) is 3.79. The van der Waals surface area contributed by atoms with Gasteiger partial charge in [-0.15, -0.1) is 0 Å². The predicted octanol–water partition coefficient (Wildman–Crippen LogP) is 2.72. The number of piperazine rings is 1. The predicted molar refractivity (Wildman–Crippen MR) is 106 cm³/mol. The van der Waals surface area contributed by atoms with Gasteiger partial charge in [0.15, 0.2) is 0 Å². The molecule has 0 N–H and O–H groups in total. The van der Waals surface area contributed by atoms with Gasteiger partial charge in [0.05, 0.1) is 7.11 Å². The highest BCUT2D eigenvalue weighted by Crippen LogP contribution is 2.25. The Morgan fingerprint density at radius 1 is 0.769 bits per heavy atom.